The minimum Gasteiger partial charge on any atom is -0.398 e. The summed E-state index contributed by atoms with van der Waals surface area (Å²) in [5, 5.41) is 0.246. The third kappa shape index (κ3) is 3.33. The normalized spacial score (nSPS) is 11.3. The topological polar surface area (TPSA) is 72.2 Å². The van der Waals surface area contributed by atoms with Crippen molar-refractivity contribution in [1.82, 2.24) is 0 Å². The first kappa shape index (κ1) is 15.3. The molecule has 0 saturated heterocycles. The van der Waals surface area contributed by atoms with Crippen molar-refractivity contribution in [2.75, 3.05) is 10.5 Å². The first-order valence-corrected chi connectivity index (χ1v) is 8.26. The molecule has 0 fully saturated rings. The van der Waals surface area contributed by atoms with Crippen LogP contribution in [0.2, 0.25) is 5.02 Å². The number of hydrogen-bond acceptors (Lipinski definition) is 3. The number of halogens is 3. The summed E-state index contributed by atoms with van der Waals surface area (Å²) < 4.78 is 40.7. The number of nitrogen functional groups attached to an aromatic ring is 1. The van der Waals surface area contributed by atoms with Gasteiger partial charge in [0.1, 0.15) is 10.7 Å². The first-order chi connectivity index (χ1) is 9.29. The van der Waals surface area contributed by atoms with E-state index in [9.17, 15) is 12.8 Å². The molecule has 0 atom stereocenters. The highest BCUT2D eigenvalue weighted by Gasteiger charge is 2.19. The minimum atomic E-state index is -4.00. The van der Waals surface area contributed by atoms with Crippen molar-refractivity contribution in [2.24, 2.45) is 0 Å². The van der Waals surface area contributed by atoms with Gasteiger partial charge in [0.25, 0.3) is 10.0 Å². The molecule has 0 aromatic heterocycles. The zero-order valence-electron chi connectivity index (χ0n) is 9.90. The lowest BCUT2D eigenvalue weighted by Gasteiger charge is -2.11. The molecule has 2 rings (SSSR count). The maximum atomic E-state index is 13.2. The molecule has 0 heterocycles. The summed E-state index contributed by atoms with van der Waals surface area (Å²) >= 11 is 8.01. The van der Waals surface area contributed by atoms with Crippen LogP contribution in [0.3, 0.4) is 0 Å². The van der Waals surface area contributed by atoms with E-state index in [0.717, 1.165) is 15.7 Å². The molecule has 0 amide bonds. The van der Waals surface area contributed by atoms with E-state index in [0.29, 0.717) is 0 Å². The van der Waals surface area contributed by atoms with Gasteiger partial charge in [0, 0.05) is 3.57 Å². The lowest BCUT2D eigenvalue weighted by atomic mass is 10.3. The van der Waals surface area contributed by atoms with Gasteiger partial charge in [0.15, 0.2) is 0 Å². The van der Waals surface area contributed by atoms with Gasteiger partial charge in [-0.3, -0.25) is 4.72 Å². The van der Waals surface area contributed by atoms with Crippen molar-refractivity contribution in [3.05, 3.63) is 50.8 Å². The molecule has 106 valence electrons. The Morgan fingerprint density at radius 3 is 2.55 bits per heavy atom. The summed E-state index contributed by atoms with van der Waals surface area (Å²) in [4.78, 5) is -0.327. The number of anilines is 2. The summed E-state index contributed by atoms with van der Waals surface area (Å²) in [7, 11) is -4.00. The summed E-state index contributed by atoms with van der Waals surface area (Å²) in [6.07, 6.45) is 0. The van der Waals surface area contributed by atoms with Crippen molar-refractivity contribution in [3.8, 4) is 0 Å². The van der Waals surface area contributed by atoms with Gasteiger partial charge in [-0.25, -0.2) is 12.8 Å². The van der Waals surface area contributed by atoms with E-state index in [1.54, 1.807) is 12.1 Å². The second-order valence-electron chi connectivity index (χ2n) is 3.91. The average molecular weight is 427 g/mol. The number of benzene rings is 2. The van der Waals surface area contributed by atoms with Crippen LogP contribution in [0.25, 0.3) is 0 Å². The van der Waals surface area contributed by atoms with Crippen molar-refractivity contribution in [2.45, 2.75) is 4.90 Å². The van der Waals surface area contributed by atoms with E-state index in [1.807, 2.05) is 22.6 Å². The Labute approximate surface area is 134 Å². The molecule has 20 heavy (non-hydrogen) atoms. The Bertz CT molecular complexity index is 768. The maximum absolute atomic E-state index is 13.2. The van der Waals surface area contributed by atoms with Gasteiger partial charge in [-0.15, -0.1) is 0 Å². The van der Waals surface area contributed by atoms with Crippen LogP contribution >= 0.6 is 34.2 Å². The van der Waals surface area contributed by atoms with Gasteiger partial charge in [0.2, 0.25) is 0 Å². The Morgan fingerprint density at radius 2 is 1.90 bits per heavy atom. The lowest BCUT2D eigenvalue weighted by molar-refractivity contribution is 0.596. The molecule has 0 spiro atoms. The van der Waals surface area contributed by atoms with E-state index in [2.05, 4.69) is 4.72 Å². The molecule has 0 unspecified atom stereocenters. The van der Waals surface area contributed by atoms with Crippen LogP contribution in [0.1, 0.15) is 0 Å². The Kier molecular flexibility index (Phi) is 4.40. The van der Waals surface area contributed by atoms with E-state index >= 15 is 0 Å². The van der Waals surface area contributed by atoms with Crippen LogP contribution < -0.4 is 10.5 Å². The standard InChI is InChI=1S/C12H9ClFIN2O2S/c13-9-6-8(15)2-4-11(9)17-20(18,19)12-5-7(14)1-3-10(12)16/h1-6,17H,16H2. The van der Waals surface area contributed by atoms with Crippen LogP contribution in [-0.4, -0.2) is 8.42 Å². The fraction of sp³-hybridized carbons (Fsp3) is 0. The first-order valence-electron chi connectivity index (χ1n) is 5.32. The van der Waals surface area contributed by atoms with Crippen LogP contribution in [0.15, 0.2) is 41.3 Å². The van der Waals surface area contributed by atoms with Crippen molar-refractivity contribution >= 4 is 55.6 Å². The predicted octanol–water partition coefficient (Wildman–Crippen LogP) is 3.47. The van der Waals surface area contributed by atoms with Gasteiger partial charge in [0.05, 0.1) is 16.4 Å². The molecule has 0 saturated carbocycles. The fourth-order valence-corrected chi connectivity index (χ4v) is 3.70. The molecule has 0 bridgehead atoms. The highest BCUT2D eigenvalue weighted by Crippen LogP contribution is 2.28. The highest BCUT2D eigenvalue weighted by atomic mass is 127. The molecule has 8 heteroatoms. The van der Waals surface area contributed by atoms with Crippen LogP contribution in [-0.2, 0) is 10.0 Å². The number of sulfonamides is 1. The largest absolute Gasteiger partial charge is 0.398 e. The number of nitrogens with one attached hydrogen (secondary N) is 1. The maximum Gasteiger partial charge on any atom is 0.264 e. The minimum absolute atomic E-state index is 0.0412. The third-order valence-corrected chi connectivity index (χ3v) is 4.85. The van der Waals surface area contributed by atoms with Gasteiger partial charge in [-0.2, -0.15) is 0 Å². The van der Waals surface area contributed by atoms with E-state index in [1.165, 1.54) is 12.1 Å². The van der Waals surface area contributed by atoms with Crippen molar-refractivity contribution in [1.29, 1.82) is 0 Å². The molecular formula is C12H9ClFIN2O2S. The highest BCUT2D eigenvalue weighted by molar-refractivity contribution is 14.1. The van der Waals surface area contributed by atoms with Crippen LogP contribution in [0.4, 0.5) is 15.8 Å². The summed E-state index contributed by atoms with van der Waals surface area (Å²) in [6.45, 7) is 0. The van der Waals surface area contributed by atoms with Gasteiger partial charge < -0.3 is 5.73 Å². The quantitative estimate of drug-likeness (QED) is 0.583. The van der Waals surface area contributed by atoms with E-state index < -0.39 is 15.8 Å². The summed E-state index contributed by atoms with van der Waals surface area (Å²) in [5.74, 6) is -0.687. The van der Waals surface area contributed by atoms with Gasteiger partial charge >= 0.3 is 0 Å². The second kappa shape index (κ2) is 5.74. The molecule has 0 radical (unpaired) electrons. The Hall–Kier alpha value is -1.06. The zero-order valence-corrected chi connectivity index (χ0v) is 13.6. The Balaban J connectivity index is 2.43. The average Bonchev–Trinajstić information content (AvgIpc) is 2.35. The summed E-state index contributed by atoms with van der Waals surface area (Å²) in [5.41, 5.74) is 5.73. The van der Waals surface area contributed by atoms with Crippen LogP contribution in [0, 0.1) is 9.39 Å². The third-order valence-electron chi connectivity index (χ3n) is 2.44. The number of hydrogen-bond donors (Lipinski definition) is 2. The SMILES string of the molecule is Nc1ccc(F)cc1S(=O)(=O)Nc1ccc(I)cc1Cl. The zero-order chi connectivity index (χ0) is 14.9. The van der Waals surface area contributed by atoms with Crippen molar-refractivity contribution in [3.63, 3.8) is 0 Å². The lowest BCUT2D eigenvalue weighted by Crippen LogP contribution is -2.15. The second-order valence-corrected chi connectivity index (χ2v) is 7.22. The van der Waals surface area contributed by atoms with Gasteiger partial charge in [-0.05, 0) is 59.0 Å². The van der Waals surface area contributed by atoms with Crippen molar-refractivity contribution < 1.29 is 12.8 Å². The number of rotatable bonds is 3. The monoisotopic (exact) mass is 426 g/mol. The van der Waals surface area contributed by atoms with Gasteiger partial charge in [-0.1, -0.05) is 11.6 Å². The van der Waals surface area contributed by atoms with E-state index in [-0.39, 0.29) is 21.3 Å². The molecule has 2 aromatic rings. The summed E-state index contributed by atoms with van der Waals surface area (Å²) in [6, 6.07) is 7.97. The molecule has 0 aliphatic carbocycles. The predicted molar refractivity (Wildman–Crippen MR) is 85.8 cm³/mol. The molecule has 4 nitrogen and oxygen atoms in total. The molecular weight excluding hydrogens is 418 g/mol. The molecule has 2 aromatic carbocycles. The molecule has 0 aliphatic heterocycles. The van der Waals surface area contributed by atoms with E-state index in [4.69, 9.17) is 17.3 Å². The van der Waals surface area contributed by atoms with Crippen LogP contribution in [0.5, 0.6) is 0 Å². The number of nitrogens with two attached hydrogens (primary N) is 1. The molecule has 0 aliphatic rings. The smallest absolute Gasteiger partial charge is 0.264 e. The Morgan fingerprint density at radius 1 is 1.20 bits per heavy atom. The molecule has 3 N–H and O–H groups in total. The fourth-order valence-electron chi connectivity index (χ4n) is 1.51.